The number of ether oxygens (including phenoxy) is 1. The van der Waals surface area contributed by atoms with Crippen molar-refractivity contribution < 1.29 is 9.53 Å². The Morgan fingerprint density at radius 1 is 1.25 bits per heavy atom. The van der Waals surface area contributed by atoms with Gasteiger partial charge in [0, 0.05) is 5.92 Å². The Kier molecular flexibility index (Phi) is 5.64. The highest BCUT2D eigenvalue weighted by molar-refractivity contribution is 7.98. The Labute approximate surface area is 179 Å². The fraction of sp³-hybridized carbons (Fsp3) is 0.381. The molecule has 7 heteroatoms. The zero-order valence-electron chi connectivity index (χ0n) is 15.5. The van der Waals surface area contributed by atoms with Crippen molar-refractivity contribution in [1.82, 2.24) is 5.32 Å². The summed E-state index contributed by atoms with van der Waals surface area (Å²) in [6.45, 7) is 0. The SMILES string of the molecule is CSCCC1(N)NC2c3ccccc3CC(c3ccc(Cl)c(Cl)c3)C2OC1=O. The third kappa shape index (κ3) is 3.55. The molecule has 2 aliphatic rings. The van der Waals surface area contributed by atoms with Gasteiger partial charge in [0.05, 0.1) is 16.1 Å². The smallest absolute Gasteiger partial charge is 0.341 e. The van der Waals surface area contributed by atoms with Gasteiger partial charge in [0.2, 0.25) is 0 Å². The average Bonchev–Trinajstić information content (AvgIpc) is 2.69. The maximum absolute atomic E-state index is 12.8. The van der Waals surface area contributed by atoms with Gasteiger partial charge in [-0.25, -0.2) is 4.79 Å². The number of fused-ring (bicyclic) bond motifs is 3. The lowest BCUT2D eigenvalue weighted by Crippen LogP contribution is -2.68. The number of rotatable bonds is 4. The summed E-state index contributed by atoms with van der Waals surface area (Å²) in [4.78, 5) is 12.8. The van der Waals surface area contributed by atoms with Crippen molar-refractivity contribution in [3.05, 3.63) is 69.2 Å². The highest BCUT2D eigenvalue weighted by atomic mass is 35.5. The number of carbonyl (C=O) groups is 1. The predicted octanol–water partition coefficient (Wildman–Crippen LogP) is 4.30. The second-order valence-electron chi connectivity index (χ2n) is 7.39. The number of nitrogens with two attached hydrogens (primary N) is 1. The number of halogens is 2. The molecular weight excluding hydrogens is 415 g/mol. The third-order valence-corrected chi connectivity index (χ3v) is 7.00. The molecule has 148 valence electrons. The molecule has 1 saturated heterocycles. The molecule has 4 nitrogen and oxygen atoms in total. The van der Waals surface area contributed by atoms with Crippen LogP contribution in [-0.2, 0) is 16.0 Å². The Morgan fingerprint density at radius 3 is 2.79 bits per heavy atom. The summed E-state index contributed by atoms with van der Waals surface area (Å²) in [7, 11) is 0. The van der Waals surface area contributed by atoms with Gasteiger partial charge in [-0.2, -0.15) is 11.8 Å². The number of benzene rings is 2. The van der Waals surface area contributed by atoms with Gasteiger partial charge in [0.15, 0.2) is 5.66 Å². The first kappa shape index (κ1) is 20.0. The van der Waals surface area contributed by atoms with Gasteiger partial charge in [-0.15, -0.1) is 0 Å². The third-order valence-electron chi connectivity index (χ3n) is 5.65. The standard InChI is InChI=1S/C21H22Cl2N2O2S/c1-28-9-8-21(24)20(26)27-19-15(13-6-7-16(22)17(23)11-13)10-12-4-2-3-5-14(12)18(19)25-21/h2-7,11,15,18-19,25H,8-10,24H2,1H3. The van der Waals surface area contributed by atoms with Crippen LogP contribution in [0.2, 0.25) is 10.0 Å². The normalized spacial score (nSPS) is 29.0. The largest absolute Gasteiger partial charge is 0.457 e. The van der Waals surface area contributed by atoms with E-state index in [1.807, 2.05) is 30.5 Å². The van der Waals surface area contributed by atoms with Crippen molar-refractivity contribution in [2.45, 2.75) is 36.6 Å². The first-order chi connectivity index (χ1) is 13.4. The van der Waals surface area contributed by atoms with Crippen LogP contribution >= 0.6 is 35.0 Å². The van der Waals surface area contributed by atoms with E-state index in [1.54, 1.807) is 17.8 Å². The van der Waals surface area contributed by atoms with Crippen molar-refractivity contribution >= 4 is 40.9 Å². The molecule has 2 aromatic carbocycles. The molecule has 0 bridgehead atoms. The van der Waals surface area contributed by atoms with E-state index in [9.17, 15) is 4.79 Å². The van der Waals surface area contributed by atoms with E-state index in [0.29, 0.717) is 16.5 Å². The average molecular weight is 437 g/mol. The van der Waals surface area contributed by atoms with Crippen molar-refractivity contribution in [2.24, 2.45) is 5.73 Å². The summed E-state index contributed by atoms with van der Waals surface area (Å²) in [6.07, 6.45) is 2.91. The first-order valence-corrected chi connectivity index (χ1v) is 11.4. The lowest BCUT2D eigenvalue weighted by molar-refractivity contribution is -0.171. The predicted molar refractivity (Wildman–Crippen MR) is 115 cm³/mol. The van der Waals surface area contributed by atoms with Crippen LogP contribution in [-0.4, -0.2) is 29.7 Å². The summed E-state index contributed by atoms with van der Waals surface area (Å²) in [5, 5.41) is 4.44. The van der Waals surface area contributed by atoms with Crippen LogP contribution in [0.25, 0.3) is 0 Å². The number of carbonyl (C=O) groups excluding carboxylic acids is 1. The van der Waals surface area contributed by atoms with E-state index < -0.39 is 11.6 Å². The summed E-state index contributed by atoms with van der Waals surface area (Å²) >= 11 is 14.0. The fourth-order valence-electron chi connectivity index (χ4n) is 4.15. The second-order valence-corrected chi connectivity index (χ2v) is 9.19. The lowest BCUT2D eigenvalue weighted by atomic mass is 9.74. The van der Waals surface area contributed by atoms with Crippen LogP contribution < -0.4 is 11.1 Å². The van der Waals surface area contributed by atoms with Crippen molar-refractivity contribution in [1.29, 1.82) is 0 Å². The quantitative estimate of drug-likeness (QED) is 0.699. The van der Waals surface area contributed by atoms with E-state index in [1.165, 1.54) is 5.56 Å². The number of thioether (sulfide) groups is 1. The molecule has 0 spiro atoms. The number of nitrogens with one attached hydrogen (secondary N) is 1. The minimum atomic E-state index is -1.18. The van der Waals surface area contributed by atoms with E-state index in [-0.39, 0.29) is 18.1 Å². The Balaban J connectivity index is 1.75. The van der Waals surface area contributed by atoms with E-state index in [2.05, 4.69) is 17.4 Å². The minimum Gasteiger partial charge on any atom is -0.457 e. The van der Waals surface area contributed by atoms with Crippen molar-refractivity contribution in [2.75, 3.05) is 12.0 Å². The Bertz CT molecular complexity index is 910. The number of esters is 1. The molecule has 0 radical (unpaired) electrons. The van der Waals surface area contributed by atoms with Crippen LogP contribution in [0.5, 0.6) is 0 Å². The minimum absolute atomic E-state index is 0.0313. The number of hydrogen-bond acceptors (Lipinski definition) is 5. The lowest BCUT2D eigenvalue weighted by Gasteiger charge is -2.48. The Morgan fingerprint density at radius 2 is 2.04 bits per heavy atom. The summed E-state index contributed by atoms with van der Waals surface area (Å²) < 4.78 is 5.99. The Hall–Kier alpha value is -1.24. The van der Waals surface area contributed by atoms with Gasteiger partial charge in [-0.1, -0.05) is 53.5 Å². The molecule has 0 aromatic heterocycles. The van der Waals surface area contributed by atoms with Gasteiger partial charge in [-0.3, -0.25) is 5.32 Å². The molecule has 4 unspecified atom stereocenters. The molecule has 2 aromatic rings. The molecule has 1 fully saturated rings. The van der Waals surface area contributed by atoms with Crippen molar-refractivity contribution in [3.8, 4) is 0 Å². The van der Waals surface area contributed by atoms with E-state index in [4.69, 9.17) is 33.7 Å². The molecule has 1 aliphatic carbocycles. The molecule has 1 heterocycles. The molecule has 1 aliphatic heterocycles. The van der Waals surface area contributed by atoms with Crippen LogP contribution in [0.1, 0.15) is 35.1 Å². The highest BCUT2D eigenvalue weighted by Gasteiger charge is 2.51. The van der Waals surface area contributed by atoms with Crippen LogP contribution in [0.4, 0.5) is 0 Å². The van der Waals surface area contributed by atoms with Gasteiger partial charge in [0.1, 0.15) is 6.10 Å². The van der Waals surface area contributed by atoms with Gasteiger partial charge >= 0.3 is 5.97 Å². The topological polar surface area (TPSA) is 64.3 Å². The van der Waals surface area contributed by atoms with E-state index >= 15 is 0 Å². The number of morpholine rings is 1. The summed E-state index contributed by atoms with van der Waals surface area (Å²) in [5.74, 6) is 0.344. The molecule has 4 rings (SSSR count). The monoisotopic (exact) mass is 436 g/mol. The zero-order chi connectivity index (χ0) is 19.9. The molecule has 28 heavy (non-hydrogen) atoms. The molecule has 0 saturated carbocycles. The van der Waals surface area contributed by atoms with Crippen LogP contribution in [0.3, 0.4) is 0 Å². The molecule has 0 amide bonds. The maximum Gasteiger partial charge on any atom is 0.341 e. The first-order valence-electron chi connectivity index (χ1n) is 9.22. The fourth-order valence-corrected chi connectivity index (χ4v) is 4.98. The second kappa shape index (κ2) is 7.88. The number of hydrogen-bond donors (Lipinski definition) is 2. The molecule has 4 atom stereocenters. The highest BCUT2D eigenvalue weighted by Crippen LogP contribution is 2.44. The van der Waals surface area contributed by atoms with Crippen LogP contribution in [0.15, 0.2) is 42.5 Å². The van der Waals surface area contributed by atoms with Gasteiger partial charge < -0.3 is 10.5 Å². The van der Waals surface area contributed by atoms with Crippen molar-refractivity contribution in [3.63, 3.8) is 0 Å². The zero-order valence-corrected chi connectivity index (χ0v) is 17.8. The van der Waals surface area contributed by atoms with E-state index in [0.717, 1.165) is 23.3 Å². The maximum atomic E-state index is 12.8. The summed E-state index contributed by atoms with van der Waals surface area (Å²) in [5.41, 5.74) is 8.62. The van der Waals surface area contributed by atoms with Gasteiger partial charge in [-0.05, 0) is 53.7 Å². The molecule has 3 N–H and O–H groups in total. The molecular formula is C21H22Cl2N2O2S. The van der Waals surface area contributed by atoms with Crippen LogP contribution in [0, 0.1) is 0 Å². The van der Waals surface area contributed by atoms with Gasteiger partial charge in [0.25, 0.3) is 0 Å². The summed E-state index contributed by atoms with van der Waals surface area (Å²) in [6, 6.07) is 13.7.